The van der Waals surface area contributed by atoms with E-state index in [9.17, 15) is 13.2 Å². The molecule has 26 heavy (non-hydrogen) atoms. The highest BCUT2D eigenvalue weighted by molar-refractivity contribution is 8.01. The lowest BCUT2D eigenvalue weighted by atomic mass is 9.88. The fraction of sp³-hybridized carbons (Fsp3) is 0.350. The van der Waals surface area contributed by atoms with E-state index in [0.717, 1.165) is 6.42 Å². The van der Waals surface area contributed by atoms with Crippen molar-refractivity contribution < 1.29 is 13.2 Å². The molecular weight excluding hydrogens is 366 g/mol. The van der Waals surface area contributed by atoms with E-state index in [2.05, 4.69) is 29.6 Å². The molecule has 2 rings (SSSR count). The number of thioether (sulfide) groups is 1. The van der Waals surface area contributed by atoms with Crippen molar-refractivity contribution in [1.82, 2.24) is 5.32 Å². The quantitative estimate of drug-likeness (QED) is 0.632. The minimum atomic E-state index is -2.96. The van der Waals surface area contributed by atoms with E-state index in [4.69, 9.17) is 0 Å². The second-order valence-electron chi connectivity index (χ2n) is 6.20. The van der Waals surface area contributed by atoms with E-state index in [1.165, 1.54) is 29.1 Å². The van der Waals surface area contributed by atoms with Crippen LogP contribution in [0.5, 0.6) is 0 Å². The van der Waals surface area contributed by atoms with Crippen LogP contribution in [-0.4, -0.2) is 44.4 Å². The molecule has 0 atom stereocenters. The van der Waals surface area contributed by atoms with Crippen molar-refractivity contribution >= 4 is 27.5 Å². The number of nitrogens with one attached hydrogen (secondary N) is 1. The lowest BCUT2D eigenvalue weighted by molar-refractivity contribution is -0.118. The summed E-state index contributed by atoms with van der Waals surface area (Å²) < 4.78 is 22.2. The molecule has 0 heterocycles. The maximum Gasteiger partial charge on any atom is 0.229 e. The first kappa shape index (κ1) is 20.5. The summed E-state index contributed by atoms with van der Waals surface area (Å²) in [6.45, 7) is 0.583. The van der Waals surface area contributed by atoms with Crippen LogP contribution in [0.1, 0.15) is 23.5 Å². The van der Waals surface area contributed by atoms with Crippen molar-refractivity contribution in [2.24, 2.45) is 0 Å². The SMILES string of the molecule is CS(=O)(=O)CCSCC(=O)NCCC(c1ccccc1)c1ccccc1. The molecule has 0 aliphatic heterocycles. The smallest absolute Gasteiger partial charge is 0.229 e. The maximum absolute atomic E-state index is 11.9. The predicted molar refractivity (Wildman–Crippen MR) is 109 cm³/mol. The van der Waals surface area contributed by atoms with Gasteiger partial charge >= 0.3 is 0 Å². The number of carbonyl (C=O) groups excluding carboxylic acids is 1. The molecule has 0 saturated heterocycles. The summed E-state index contributed by atoms with van der Waals surface area (Å²) in [7, 11) is -2.96. The maximum atomic E-state index is 11.9. The molecule has 0 fully saturated rings. The molecule has 0 saturated carbocycles. The van der Waals surface area contributed by atoms with Crippen molar-refractivity contribution in [3.63, 3.8) is 0 Å². The van der Waals surface area contributed by atoms with Gasteiger partial charge in [0.2, 0.25) is 5.91 Å². The lowest BCUT2D eigenvalue weighted by Crippen LogP contribution is -2.27. The summed E-state index contributed by atoms with van der Waals surface area (Å²) in [6.07, 6.45) is 2.02. The average Bonchev–Trinajstić information content (AvgIpc) is 2.63. The van der Waals surface area contributed by atoms with Crippen LogP contribution in [0, 0.1) is 0 Å². The Hall–Kier alpha value is -1.79. The van der Waals surface area contributed by atoms with Crippen LogP contribution in [0.4, 0.5) is 0 Å². The van der Waals surface area contributed by atoms with Gasteiger partial charge in [0.25, 0.3) is 0 Å². The molecule has 0 aliphatic rings. The minimum absolute atomic E-state index is 0.0524. The molecule has 0 radical (unpaired) electrons. The number of sulfone groups is 1. The van der Waals surface area contributed by atoms with Gasteiger partial charge in [0.05, 0.1) is 11.5 Å². The van der Waals surface area contributed by atoms with E-state index in [-0.39, 0.29) is 23.3 Å². The molecule has 2 aromatic rings. The third-order valence-corrected chi connectivity index (χ3v) is 6.15. The Morgan fingerprint density at radius 2 is 1.54 bits per heavy atom. The molecular formula is C20H25NO3S2. The number of amides is 1. The largest absolute Gasteiger partial charge is 0.355 e. The van der Waals surface area contributed by atoms with E-state index >= 15 is 0 Å². The molecule has 1 amide bonds. The molecule has 0 bridgehead atoms. The highest BCUT2D eigenvalue weighted by atomic mass is 32.2. The van der Waals surface area contributed by atoms with Crippen LogP contribution in [0.3, 0.4) is 0 Å². The normalized spacial score (nSPS) is 11.5. The highest BCUT2D eigenvalue weighted by Crippen LogP contribution is 2.27. The Morgan fingerprint density at radius 3 is 2.04 bits per heavy atom. The molecule has 0 spiro atoms. The van der Waals surface area contributed by atoms with Crippen LogP contribution < -0.4 is 5.32 Å². The van der Waals surface area contributed by atoms with Crippen molar-refractivity contribution in [2.45, 2.75) is 12.3 Å². The van der Waals surface area contributed by atoms with Gasteiger partial charge in [-0.15, -0.1) is 0 Å². The summed E-state index contributed by atoms with van der Waals surface area (Å²) in [4.78, 5) is 11.9. The first-order chi connectivity index (χ1) is 12.5. The van der Waals surface area contributed by atoms with Gasteiger partial charge in [0.1, 0.15) is 9.84 Å². The van der Waals surface area contributed by atoms with Gasteiger partial charge in [0.15, 0.2) is 0 Å². The van der Waals surface area contributed by atoms with Crippen LogP contribution in [0.25, 0.3) is 0 Å². The van der Waals surface area contributed by atoms with E-state index < -0.39 is 9.84 Å². The third kappa shape index (κ3) is 7.62. The van der Waals surface area contributed by atoms with Crippen molar-refractivity contribution in [3.05, 3.63) is 71.8 Å². The summed E-state index contributed by atoms with van der Waals surface area (Å²) >= 11 is 1.35. The second-order valence-corrected chi connectivity index (χ2v) is 9.56. The number of benzene rings is 2. The molecule has 2 aromatic carbocycles. The highest BCUT2D eigenvalue weighted by Gasteiger charge is 2.14. The summed E-state index contributed by atoms with van der Waals surface area (Å²) in [6, 6.07) is 20.6. The Morgan fingerprint density at radius 1 is 1.00 bits per heavy atom. The molecule has 6 heteroatoms. The van der Waals surface area contributed by atoms with Crippen molar-refractivity contribution in [1.29, 1.82) is 0 Å². The van der Waals surface area contributed by atoms with Crippen LogP contribution in [0.15, 0.2) is 60.7 Å². The third-order valence-electron chi connectivity index (χ3n) is 3.99. The average molecular weight is 392 g/mol. The summed E-state index contributed by atoms with van der Waals surface area (Å²) in [5.74, 6) is 1.02. The van der Waals surface area contributed by atoms with Crippen molar-refractivity contribution in [2.75, 3.05) is 30.1 Å². The zero-order valence-corrected chi connectivity index (χ0v) is 16.6. The molecule has 0 unspecified atom stereocenters. The van der Waals surface area contributed by atoms with E-state index in [1.54, 1.807) is 0 Å². The number of hydrogen-bond acceptors (Lipinski definition) is 4. The predicted octanol–water partition coefficient (Wildman–Crippen LogP) is 3.10. The number of hydrogen-bond donors (Lipinski definition) is 1. The van der Waals surface area contributed by atoms with E-state index in [0.29, 0.717) is 12.3 Å². The topological polar surface area (TPSA) is 63.2 Å². The standard InChI is InChI=1S/C20H25NO3S2/c1-26(23,24)15-14-25-16-20(22)21-13-12-19(17-8-4-2-5-9-17)18-10-6-3-7-11-18/h2-11,19H,12-16H2,1H3,(H,21,22). The number of rotatable bonds is 10. The first-order valence-electron chi connectivity index (χ1n) is 8.58. The Labute approximate surface area is 160 Å². The van der Waals surface area contributed by atoms with Gasteiger partial charge in [-0.3, -0.25) is 4.79 Å². The van der Waals surface area contributed by atoms with Crippen LogP contribution >= 0.6 is 11.8 Å². The second kappa shape index (κ2) is 10.4. The first-order valence-corrected chi connectivity index (χ1v) is 11.8. The van der Waals surface area contributed by atoms with Gasteiger partial charge in [0, 0.05) is 24.5 Å². The van der Waals surface area contributed by atoms with Crippen LogP contribution in [-0.2, 0) is 14.6 Å². The van der Waals surface area contributed by atoms with Gasteiger partial charge < -0.3 is 5.32 Å². The Bertz CT molecular complexity index is 738. The van der Waals surface area contributed by atoms with Gasteiger partial charge in [-0.05, 0) is 17.5 Å². The zero-order chi connectivity index (χ0) is 18.8. The van der Waals surface area contributed by atoms with Gasteiger partial charge in [-0.2, -0.15) is 11.8 Å². The van der Waals surface area contributed by atoms with Gasteiger partial charge in [-0.25, -0.2) is 8.42 Å². The van der Waals surface area contributed by atoms with Crippen molar-refractivity contribution in [3.8, 4) is 0 Å². The monoisotopic (exact) mass is 391 g/mol. The number of carbonyl (C=O) groups is 1. The molecule has 1 N–H and O–H groups in total. The van der Waals surface area contributed by atoms with Gasteiger partial charge in [-0.1, -0.05) is 60.7 Å². The fourth-order valence-corrected chi connectivity index (χ4v) is 4.79. The fourth-order valence-electron chi connectivity index (χ4n) is 2.68. The summed E-state index contributed by atoms with van der Waals surface area (Å²) in [5, 5.41) is 2.94. The minimum Gasteiger partial charge on any atom is -0.355 e. The lowest BCUT2D eigenvalue weighted by Gasteiger charge is -2.18. The van der Waals surface area contributed by atoms with Crippen LogP contribution in [0.2, 0.25) is 0 Å². The Kier molecular flexibility index (Phi) is 8.19. The Balaban J connectivity index is 1.83. The summed E-state index contributed by atoms with van der Waals surface area (Å²) in [5.41, 5.74) is 2.46. The van der Waals surface area contributed by atoms with E-state index in [1.807, 2.05) is 36.4 Å². The molecule has 4 nitrogen and oxygen atoms in total. The zero-order valence-electron chi connectivity index (χ0n) is 14.9. The molecule has 140 valence electrons. The molecule has 0 aliphatic carbocycles. The molecule has 0 aromatic heterocycles.